The summed E-state index contributed by atoms with van der Waals surface area (Å²) in [5, 5.41) is 68.2. The van der Waals surface area contributed by atoms with E-state index in [0.717, 1.165) is 5.69 Å². The molecule has 0 unspecified atom stereocenters. The summed E-state index contributed by atoms with van der Waals surface area (Å²) in [4.78, 5) is 92.2. The molecule has 129 heavy (non-hydrogen) atoms. The molecule has 0 aliphatic carbocycles. The number of esters is 5. The van der Waals surface area contributed by atoms with Crippen LogP contribution in [0.1, 0.15) is 79.5 Å². The normalized spacial score (nSPS) is 11.5. The predicted molar refractivity (Wildman–Crippen MR) is 482 cm³/mol. The Balaban J connectivity index is 0.661. The zero-order valence-electron chi connectivity index (χ0n) is 70.3. The SMILES string of the molecule is CC(C)(Br)C(=O)OCCS(=O)(=O)c1ccc(N=Nc2ccc(N(CCn3cc(CCCOc4cc([N+](=O)[O-])ccc4N=Nc4ccc(N(CCOC(=O)c5ccccc5)CCOC(=O)c5ccccc5)cc4)nn3)CCn3cc(CCCOc4cc([N+](=O)[O-])ccc4N=Nc4ccc(N(CCOC(=O)c5ccccc5)CCOC(=O)c5ccccc5)cc4)nn3)cc2)cc1. The fourth-order valence-electron chi connectivity index (χ4n) is 12.6. The van der Waals surface area contributed by atoms with Crippen molar-refractivity contribution in [2.75, 3.05) is 106 Å². The molecule has 10 aromatic carbocycles. The number of carbonyl (C=O) groups is 5. The molecule has 12 aromatic rings. The van der Waals surface area contributed by atoms with Gasteiger partial charge in [0, 0.05) is 54.7 Å². The average Bonchev–Trinajstić information content (AvgIpc) is 0.855. The molecule has 0 radical (unpaired) electrons. The maximum Gasteiger partial charge on any atom is 0.338 e. The van der Waals surface area contributed by atoms with Gasteiger partial charge in [-0.25, -0.2) is 27.6 Å². The molecule has 0 aliphatic heterocycles. The lowest BCUT2D eigenvalue weighted by Crippen LogP contribution is -2.32. The van der Waals surface area contributed by atoms with Gasteiger partial charge in [-0.3, -0.25) is 34.4 Å². The number of azo groups is 3. The first kappa shape index (κ1) is 93.0. The van der Waals surface area contributed by atoms with Gasteiger partial charge in [0.25, 0.3) is 11.4 Å². The Morgan fingerprint density at radius 1 is 0.403 bits per heavy atom. The number of aryl methyl sites for hydroxylation is 2. The Labute approximate surface area is 750 Å². The van der Waals surface area contributed by atoms with Crippen LogP contribution in [0, 0.1) is 20.2 Å². The van der Waals surface area contributed by atoms with Crippen LogP contribution in [-0.4, -0.2) is 174 Å². The topological polar surface area (TPSA) is 416 Å². The highest BCUT2D eigenvalue weighted by Gasteiger charge is 2.27. The first-order chi connectivity index (χ1) is 62.5. The Hall–Kier alpha value is -15.1. The molecular weight excluding hydrogens is 1740 g/mol. The number of carbonyl (C=O) groups excluding carboxylic acids is 5. The third-order valence-electron chi connectivity index (χ3n) is 19.5. The molecule has 0 atom stereocenters. The summed E-state index contributed by atoms with van der Waals surface area (Å²) in [6.45, 7) is 6.00. The molecule has 0 saturated heterocycles. The number of alkyl halides is 1. The van der Waals surface area contributed by atoms with E-state index in [1.165, 1.54) is 60.7 Å². The van der Waals surface area contributed by atoms with Gasteiger partial charge >= 0.3 is 29.8 Å². The van der Waals surface area contributed by atoms with Crippen molar-refractivity contribution in [2.45, 2.75) is 61.8 Å². The lowest BCUT2D eigenvalue weighted by Gasteiger charge is -2.24. The highest BCUT2D eigenvalue weighted by atomic mass is 79.9. The number of anilines is 3. The largest absolute Gasteiger partial charge is 0.491 e. The summed E-state index contributed by atoms with van der Waals surface area (Å²) in [5.41, 5.74) is 7.06. The zero-order valence-corrected chi connectivity index (χ0v) is 72.7. The minimum atomic E-state index is -3.79. The standard InChI is InChI=1S/C92H90BrN17O18S/c1-92(2,93)91(115)128-61-62-129(120,121)82-43-33-74(34-44-82)95-94-71-27-35-77(36-28-71)104(47-49-107-65-75(98-102-107)25-15-55-122-85-63-80(109(116)117)41-45-83(85)100-96-72-29-37-78(38-30-72)105(51-57-124-87(111)67-17-7-3-8-18-67)52-58-125-88(112)68-19-9-4-10-20-68)48-50-108-66-76(99-103-108)26-16-56-123-86-64-81(110(118)119)42-46-84(86)101-97-73-31-39-79(40-32-73)106(53-59-126-89(113)69-21-11-5-12-22-69)54-60-127-90(114)70-23-13-6-14-24-70/h3-14,17-24,27-46,63-66H,15-16,25-26,47-62H2,1-2H3. The van der Waals surface area contributed by atoms with Crippen LogP contribution in [0.5, 0.6) is 11.5 Å². The van der Waals surface area contributed by atoms with Gasteiger partial charge in [-0.2, -0.15) is 20.5 Å². The summed E-state index contributed by atoms with van der Waals surface area (Å²) in [6.07, 6.45) is 5.39. The first-order valence-electron chi connectivity index (χ1n) is 41.0. The van der Waals surface area contributed by atoms with E-state index in [-0.39, 0.29) is 112 Å². The number of nitro groups is 2. The van der Waals surface area contributed by atoms with Crippen LogP contribution in [0.3, 0.4) is 0 Å². The number of benzene rings is 10. The lowest BCUT2D eigenvalue weighted by atomic mass is 10.2. The zero-order chi connectivity index (χ0) is 90.8. The number of hydrogen-bond acceptors (Lipinski definition) is 31. The van der Waals surface area contributed by atoms with Crippen molar-refractivity contribution in [3.8, 4) is 11.5 Å². The van der Waals surface area contributed by atoms with Gasteiger partial charge in [0.1, 0.15) is 48.7 Å². The van der Waals surface area contributed by atoms with E-state index in [0.29, 0.717) is 120 Å². The third-order valence-corrected chi connectivity index (χ3v) is 21.5. The van der Waals surface area contributed by atoms with Crippen molar-refractivity contribution in [3.05, 3.63) is 321 Å². The molecule has 0 spiro atoms. The average molecular weight is 1830 g/mol. The van der Waals surface area contributed by atoms with E-state index in [1.807, 2.05) is 34.3 Å². The Morgan fingerprint density at radius 3 is 1.05 bits per heavy atom. The number of nitrogens with zero attached hydrogens (tertiary/aromatic N) is 17. The number of rotatable bonds is 48. The molecule has 2 heterocycles. The van der Waals surface area contributed by atoms with Gasteiger partial charge in [-0.1, -0.05) is 99.2 Å². The summed E-state index contributed by atoms with van der Waals surface area (Å²) < 4.78 is 68.4. The molecule has 0 bridgehead atoms. The van der Waals surface area contributed by atoms with E-state index in [4.69, 9.17) is 33.2 Å². The number of nitro benzene ring substituents is 2. The highest BCUT2D eigenvalue weighted by molar-refractivity contribution is 9.10. The van der Waals surface area contributed by atoms with E-state index >= 15 is 0 Å². The maximum atomic E-state index is 13.1. The minimum Gasteiger partial charge on any atom is -0.491 e. The molecular formula is C92H90BrN17O18S. The smallest absolute Gasteiger partial charge is 0.338 e. The van der Waals surface area contributed by atoms with Gasteiger partial charge in [0.05, 0.1) is 142 Å². The molecule has 37 heteroatoms. The number of ether oxygens (including phenoxy) is 7. The van der Waals surface area contributed by atoms with Gasteiger partial charge in [-0.05, 0) is 197 Å². The molecule has 0 fully saturated rings. The number of aromatic nitrogens is 6. The molecule has 0 saturated carbocycles. The van der Waals surface area contributed by atoms with Crippen LogP contribution < -0.4 is 24.2 Å². The molecule has 12 rings (SSSR count). The molecule has 0 N–H and O–H groups in total. The van der Waals surface area contributed by atoms with Crippen molar-refractivity contribution in [1.82, 2.24) is 30.0 Å². The van der Waals surface area contributed by atoms with E-state index in [9.17, 15) is 52.6 Å². The number of sulfone groups is 1. The van der Waals surface area contributed by atoms with Crippen LogP contribution in [0.4, 0.5) is 62.6 Å². The molecule has 2 aromatic heterocycles. The Kier molecular flexibility index (Phi) is 33.7. The van der Waals surface area contributed by atoms with Crippen LogP contribution in [-0.2, 0) is 64.2 Å². The van der Waals surface area contributed by atoms with Crippen LogP contribution in [0.15, 0.2) is 303 Å². The summed E-state index contributed by atoms with van der Waals surface area (Å²) in [6, 6.07) is 69.9. The fourth-order valence-corrected chi connectivity index (χ4v) is 13.8. The quantitative estimate of drug-likeness (QED) is 0.00650. The molecule has 0 amide bonds. The van der Waals surface area contributed by atoms with Crippen molar-refractivity contribution < 1.29 is 75.4 Å². The van der Waals surface area contributed by atoms with Gasteiger partial charge in [0.15, 0.2) is 21.3 Å². The van der Waals surface area contributed by atoms with Crippen LogP contribution >= 0.6 is 15.9 Å². The highest BCUT2D eigenvalue weighted by Crippen LogP contribution is 2.36. The van der Waals surface area contributed by atoms with Crippen molar-refractivity contribution in [3.63, 3.8) is 0 Å². The summed E-state index contributed by atoms with van der Waals surface area (Å²) in [5.74, 6) is -2.64. The number of halogens is 1. The van der Waals surface area contributed by atoms with E-state index in [1.54, 1.807) is 205 Å². The number of non-ortho nitro benzene ring substituents is 2. The van der Waals surface area contributed by atoms with E-state index < -0.39 is 59.6 Å². The summed E-state index contributed by atoms with van der Waals surface area (Å²) in [7, 11) is -3.79. The lowest BCUT2D eigenvalue weighted by molar-refractivity contribution is -0.385. The fraction of sp³-hybridized carbons (Fsp3) is 0.250. The second-order valence-electron chi connectivity index (χ2n) is 29.2. The third kappa shape index (κ3) is 29.0. The molecule has 664 valence electrons. The minimum absolute atomic E-state index is 0.0312. The molecule has 35 nitrogen and oxygen atoms in total. The Morgan fingerprint density at radius 2 is 0.721 bits per heavy atom. The van der Waals surface area contributed by atoms with Crippen molar-refractivity contribution in [2.24, 2.45) is 30.7 Å². The predicted octanol–water partition coefficient (Wildman–Crippen LogP) is 17.7. The van der Waals surface area contributed by atoms with Crippen molar-refractivity contribution >= 4 is 118 Å². The summed E-state index contributed by atoms with van der Waals surface area (Å²) >= 11 is 3.22. The van der Waals surface area contributed by atoms with Crippen LogP contribution in [0.25, 0.3) is 0 Å². The Bertz CT molecular complexity index is 5560. The van der Waals surface area contributed by atoms with Crippen LogP contribution in [0.2, 0.25) is 0 Å². The van der Waals surface area contributed by atoms with Crippen molar-refractivity contribution in [1.29, 1.82) is 0 Å². The second kappa shape index (κ2) is 46.7. The maximum absolute atomic E-state index is 13.1. The number of hydrogen-bond donors (Lipinski definition) is 0. The van der Waals surface area contributed by atoms with Gasteiger partial charge in [0.2, 0.25) is 0 Å². The monoisotopic (exact) mass is 1830 g/mol. The van der Waals surface area contributed by atoms with Gasteiger partial charge < -0.3 is 47.9 Å². The first-order valence-corrected chi connectivity index (χ1v) is 43.5. The van der Waals surface area contributed by atoms with Gasteiger partial charge in [-0.15, -0.1) is 20.4 Å². The molecule has 0 aliphatic rings. The second-order valence-corrected chi connectivity index (χ2v) is 33.3. The van der Waals surface area contributed by atoms with E-state index in [2.05, 4.69) is 72.1 Å².